The van der Waals surface area contributed by atoms with Gasteiger partial charge in [0, 0.05) is 12.1 Å². The maximum Gasteiger partial charge on any atom is 0.251 e. The van der Waals surface area contributed by atoms with Gasteiger partial charge in [-0.1, -0.05) is 72.8 Å². The van der Waals surface area contributed by atoms with E-state index in [1.54, 1.807) is 12.1 Å². The van der Waals surface area contributed by atoms with Crippen LogP contribution in [-0.4, -0.2) is 30.8 Å². The first-order valence-electron chi connectivity index (χ1n) is 9.63. The molecule has 152 valence electrons. The predicted octanol–water partition coefficient (Wildman–Crippen LogP) is 2.52. The highest BCUT2D eigenvalue weighted by molar-refractivity contribution is 5.97. The first-order chi connectivity index (χ1) is 14.6. The highest BCUT2D eigenvalue weighted by atomic mass is 16.2. The lowest BCUT2D eigenvalue weighted by molar-refractivity contribution is -0.125. The van der Waals surface area contributed by atoms with Gasteiger partial charge in [-0.05, 0) is 28.8 Å². The third-order valence-electron chi connectivity index (χ3n) is 4.44. The lowest BCUT2D eigenvalue weighted by Gasteiger charge is -2.08. The Bertz CT molecular complexity index is 987. The molecule has 0 aliphatic carbocycles. The molecule has 0 bridgehead atoms. The van der Waals surface area contributed by atoms with E-state index in [4.69, 9.17) is 0 Å². The molecule has 0 atom stereocenters. The summed E-state index contributed by atoms with van der Waals surface area (Å²) in [4.78, 5) is 35.9. The molecule has 6 nitrogen and oxygen atoms in total. The normalized spacial score (nSPS) is 10.1. The number of hydrogen-bond donors (Lipinski definition) is 3. The van der Waals surface area contributed by atoms with Crippen LogP contribution in [0, 0.1) is 0 Å². The number of rotatable bonds is 8. The Balaban J connectivity index is 1.39. The van der Waals surface area contributed by atoms with Gasteiger partial charge in [-0.25, -0.2) is 0 Å². The van der Waals surface area contributed by atoms with Crippen LogP contribution in [0.5, 0.6) is 0 Å². The number of carbonyl (C=O) groups is 3. The second kappa shape index (κ2) is 10.6. The largest absolute Gasteiger partial charge is 0.350 e. The molecule has 3 aromatic rings. The minimum Gasteiger partial charge on any atom is -0.350 e. The van der Waals surface area contributed by atoms with Crippen molar-refractivity contribution in [3.05, 3.63) is 96.1 Å². The van der Waals surface area contributed by atoms with Crippen molar-refractivity contribution >= 4 is 17.7 Å². The second-order valence-corrected chi connectivity index (χ2v) is 6.67. The standard InChI is InChI=1S/C24H23N3O3/c28-22(25-15-18-7-3-1-4-8-18)16-26-23(29)17-27-24(30)21-13-11-20(12-14-21)19-9-5-2-6-10-19/h1-14H,15-17H2,(H,25,28)(H,26,29)(H,27,30). The van der Waals surface area contributed by atoms with Gasteiger partial charge in [0.05, 0.1) is 13.1 Å². The maximum absolute atomic E-state index is 12.2. The number of nitrogens with one attached hydrogen (secondary N) is 3. The Kier molecular flexibility index (Phi) is 7.33. The van der Waals surface area contributed by atoms with Crippen molar-refractivity contribution in [2.75, 3.05) is 13.1 Å². The van der Waals surface area contributed by atoms with Crippen LogP contribution in [0.2, 0.25) is 0 Å². The summed E-state index contributed by atoms with van der Waals surface area (Å²) in [6.07, 6.45) is 0. The Morgan fingerprint density at radius 2 is 1.10 bits per heavy atom. The second-order valence-electron chi connectivity index (χ2n) is 6.67. The van der Waals surface area contributed by atoms with E-state index in [-0.39, 0.29) is 24.9 Å². The number of hydrogen-bond acceptors (Lipinski definition) is 3. The van der Waals surface area contributed by atoms with Crippen molar-refractivity contribution in [1.29, 1.82) is 0 Å². The Labute approximate surface area is 175 Å². The van der Waals surface area contributed by atoms with Crippen LogP contribution in [0.3, 0.4) is 0 Å². The van der Waals surface area contributed by atoms with Gasteiger partial charge in [0.1, 0.15) is 0 Å². The van der Waals surface area contributed by atoms with E-state index in [0.29, 0.717) is 12.1 Å². The molecule has 0 aliphatic heterocycles. The van der Waals surface area contributed by atoms with E-state index in [1.165, 1.54) is 0 Å². The van der Waals surface area contributed by atoms with E-state index in [1.807, 2.05) is 72.8 Å². The third-order valence-corrected chi connectivity index (χ3v) is 4.44. The van der Waals surface area contributed by atoms with E-state index < -0.39 is 5.91 Å². The molecule has 0 heterocycles. The number of amides is 3. The molecular weight excluding hydrogens is 378 g/mol. The smallest absolute Gasteiger partial charge is 0.251 e. The van der Waals surface area contributed by atoms with Crippen LogP contribution in [0.25, 0.3) is 11.1 Å². The van der Waals surface area contributed by atoms with Crippen LogP contribution in [0.4, 0.5) is 0 Å². The van der Waals surface area contributed by atoms with Gasteiger partial charge in [-0.3, -0.25) is 14.4 Å². The van der Waals surface area contributed by atoms with Gasteiger partial charge < -0.3 is 16.0 Å². The zero-order chi connectivity index (χ0) is 21.2. The summed E-state index contributed by atoms with van der Waals surface area (Å²) in [6, 6.07) is 26.5. The SMILES string of the molecule is O=C(CNC(=O)CNC(=O)c1ccc(-c2ccccc2)cc1)NCc1ccccc1. The van der Waals surface area contributed by atoms with Crippen LogP contribution >= 0.6 is 0 Å². The van der Waals surface area contributed by atoms with E-state index in [0.717, 1.165) is 16.7 Å². The molecule has 3 N–H and O–H groups in total. The summed E-state index contributed by atoms with van der Waals surface area (Å²) in [5.41, 5.74) is 3.51. The monoisotopic (exact) mass is 401 g/mol. The lowest BCUT2D eigenvalue weighted by Crippen LogP contribution is -2.41. The van der Waals surface area contributed by atoms with Crippen LogP contribution < -0.4 is 16.0 Å². The van der Waals surface area contributed by atoms with Crippen LogP contribution in [0.1, 0.15) is 15.9 Å². The van der Waals surface area contributed by atoms with Crippen molar-refractivity contribution in [3.8, 4) is 11.1 Å². The minimum absolute atomic E-state index is 0.146. The summed E-state index contributed by atoms with van der Waals surface area (Å²) in [5, 5.41) is 7.77. The predicted molar refractivity (Wildman–Crippen MR) is 116 cm³/mol. The van der Waals surface area contributed by atoms with Crippen molar-refractivity contribution < 1.29 is 14.4 Å². The fourth-order valence-electron chi connectivity index (χ4n) is 2.81. The zero-order valence-electron chi connectivity index (χ0n) is 16.4. The molecule has 0 spiro atoms. The molecule has 0 fully saturated rings. The van der Waals surface area contributed by atoms with Crippen molar-refractivity contribution in [3.63, 3.8) is 0 Å². The molecule has 0 radical (unpaired) electrons. The average molecular weight is 401 g/mol. The first kappa shape index (κ1) is 20.8. The van der Waals surface area contributed by atoms with Crippen molar-refractivity contribution in [2.45, 2.75) is 6.54 Å². The summed E-state index contributed by atoms with van der Waals surface area (Å²) in [5.74, 6) is -1.08. The molecule has 0 aliphatic rings. The fraction of sp³-hybridized carbons (Fsp3) is 0.125. The molecule has 30 heavy (non-hydrogen) atoms. The maximum atomic E-state index is 12.2. The highest BCUT2D eigenvalue weighted by Gasteiger charge is 2.10. The van der Waals surface area contributed by atoms with E-state index in [9.17, 15) is 14.4 Å². The first-order valence-corrected chi connectivity index (χ1v) is 9.63. The lowest BCUT2D eigenvalue weighted by atomic mass is 10.0. The topological polar surface area (TPSA) is 87.3 Å². The Hall–Kier alpha value is -3.93. The minimum atomic E-state index is -0.431. The number of carbonyl (C=O) groups excluding carboxylic acids is 3. The molecule has 3 aromatic carbocycles. The van der Waals surface area contributed by atoms with E-state index >= 15 is 0 Å². The molecular formula is C24H23N3O3. The van der Waals surface area contributed by atoms with Gasteiger partial charge in [-0.2, -0.15) is 0 Å². The van der Waals surface area contributed by atoms with Crippen LogP contribution in [-0.2, 0) is 16.1 Å². The van der Waals surface area contributed by atoms with Gasteiger partial charge >= 0.3 is 0 Å². The molecule has 3 rings (SSSR count). The van der Waals surface area contributed by atoms with Gasteiger partial charge in [0.2, 0.25) is 11.8 Å². The van der Waals surface area contributed by atoms with Gasteiger partial charge in [-0.15, -0.1) is 0 Å². The molecule has 0 aromatic heterocycles. The van der Waals surface area contributed by atoms with Crippen molar-refractivity contribution in [1.82, 2.24) is 16.0 Å². The Morgan fingerprint density at radius 1 is 0.567 bits per heavy atom. The summed E-state index contributed by atoms with van der Waals surface area (Å²) in [7, 11) is 0. The number of benzene rings is 3. The quantitative estimate of drug-likeness (QED) is 0.542. The molecule has 0 saturated carbocycles. The van der Waals surface area contributed by atoms with Crippen molar-refractivity contribution in [2.24, 2.45) is 0 Å². The highest BCUT2D eigenvalue weighted by Crippen LogP contribution is 2.19. The summed E-state index contributed by atoms with van der Waals surface area (Å²) < 4.78 is 0. The average Bonchev–Trinajstić information content (AvgIpc) is 2.81. The third kappa shape index (κ3) is 6.31. The van der Waals surface area contributed by atoms with E-state index in [2.05, 4.69) is 16.0 Å². The molecule has 0 saturated heterocycles. The molecule has 0 unspecified atom stereocenters. The van der Waals surface area contributed by atoms with Gasteiger partial charge in [0.25, 0.3) is 5.91 Å². The molecule has 3 amide bonds. The van der Waals surface area contributed by atoms with Gasteiger partial charge in [0.15, 0.2) is 0 Å². The fourth-order valence-corrected chi connectivity index (χ4v) is 2.81. The summed E-state index contributed by atoms with van der Waals surface area (Å²) in [6.45, 7) is 0.0454. The molecule has 6 heteroatoms. The zero-order valence-corrected chi connectivity index (χ0v) is 16.4. The summed E-state index contributed by atoms with van der Waals surface area (Å²) >= 11 is 0. The van der Waals surface area contributed by atoms with Crippen LogP contribution in [0.15, 0.2) is 84.9 Å². The Morgan fingerprint density at radius 3 is 1.77 bits per heavy atom.